The van der Waals surface area contributed by atoms with Crippen molar-refractivity contribution in [3.8, 4) is 0 Å². The Morgan fingerprint density at radius 2 is 0.750 bits per heavy atom. The zero-order valence-electron chi connectivity index (χ0n) is 10.9. The van der Waals surface area contributed by atoms with Crippen LogP contribution in [-0.2, 0) is 22.4 Å². The Balaban J connectivity index is -0.0000000655. The fraction of sp³-hybridized carbons (Fsp3) is 1.00. The van der Waals surface area contributed by atoms with E-state index in [2.05, 4.69) is 0 Å². The van der Waals surface area contributed by atoms with E-state index in [1.165, 1.54) is 0 Å². The monoisotopic (exact) mass is 416 g/mol. The fourth-order valence-electron chi connectivity index (χ4n) is 0.433. The molecule has 0 radical (unpaired) electrons. The summed E-state index contributed by atoms with van der Waals surface area (Å²) in [7, 11) is 0. The maximum Gasteiger partial charge on any atom is 3.00 e. The second-order valence-corrected chi connectivity index (χ2v) is 3.17. The van der Waals surface area contributed by atoms with E-state index < -0.39 is 0 Å². The summed E-state index contributed by atoms with van der Waals surface area (Å²) >= 11 is 0. The van der Waals surface area contributed by atoms with E-state index in [4.69, 9.17) is 0 Å². The van der Waals surface area contributed by atoms with Gasteiger partial charge in [0.2, 0.25) is 0 Å². The van der Waals surface area contributed by atoms with Crippen LogP contribution in [0.5, 0.6) is 0 Å². The van der Waals surface area contributed by atoms with Crippen molar-refractivity contribution in [2.45, 2.75) is 59.3 Å². The van der Waals surface area contributed by atoms with Crippen LogP contribution in [0.2, 0.25) is 0 Å². The molecule has 0 rings (SSSR count). The van der Waals surface area contributed by atoms with Crippen molar-refractivity contribution in [3.63, 3.8) is 0 Å². The maximum absolute atomic E-state index is 9.53. The van der Waals surface area contributed by atoms with E-state index in [0.29, 0.717) is 0 Å². The van der Waals surface area contributed by atoms with Crippen LogP contribution in [0.15, 0.2) is 0 Å². The van der Waals surface area contributed by atoms with Gasteiger partial charge in [0.15, 0.2) is 0 Å². The number of hydrogen-bond donors (Lipinski definition) is 0. The molecule has 0 spiro atoms. The molecule has 0 aliphatic heterocycles. The van der Waals surface area contributed by atoms with Crippen molar-refractivity contribution in [3.05, 3.63) is 0 Å². The van der Waals surface area contributed by atoms with Crippen LogP contribution in [0.3, 0.4) is 0 Å². The summed E-state index contributed by atoms with van der Waals surface area (Å²) in [6, 6.07) is 0. The Morgan fingerprint density at radius 1 is 0.562 bits per heavy atom. The molecule has 0 aromatic carbocycles. The summed E-state index contributed by atoms with van der Waals surface area (Å²) in [5.74, 6) is 0. The van der Waals surface area contributed by atoms with Crippen LogP contribution in [-0.4, -0.2) is 19.8 Å². The van der Waals surface area contributed by atoms with Gasteiger partial charge in [0.1, 0.15) is 0 Å². The molecule has 4 heteroatoms. The van der Waals surface area contributed by atoms with Crippen molar-refractivity contribution < 1.29 is 37.7 Å². The molecule has 0 heterocycles. The van der Waals surface area contributed by atoms with Gasteiger partial charge < -0.3 is 15.3 Å². The predicted molar refractivity (Wildman–Crippen MR) is 59.3 cm³/mol. The number of unbranched alkanes of at least 4 members (excludes halogenated alkanes) is 3. The molecule has 0 saturated heterocycles. The maximum atomic E-state index is 9.53. The molecular formula is C12H27AuO3. The van der Waals surface area contributed by atoms with Gasteiger partial charge in [0.25, 0.3) is 0 Å². The van der Waals surface area contributed by atoms with Crippen LogP contribution >= 0.6 is 0 Å². The molecule has 0 aromatic rings. The van der Waals surface area contributed by atoms with E-state index in [-0.39, 0.29) is 42.2 Å². The van der Waals surface area contributed by atoms with Crippen LogP contribution in [0.25, 0.3) is 0 Å². The predicted octanol–water partition coefficient (Wildman–Crippen LogP) is 0.438. The smallest absolute Gasteiger partial charge is 0.854 e. The normalized spacial score (nSPS) is 7.88. The van der Waals surface area contributed by atoms with Gasteiger partial charge in [0.05, 0.1) is 0 Å². The van der Waals surface area contributed by atoms with Gasteiger partial charge >= 0.3 is 22.4 Å². The molecule has 0 atom stereocenters. The van der Waals surface area contributed by atoms with E-state index in [1.54, 1.807) is 0 Å². The molecule has 0 saturated carbocycles. The molecule has 104 valence electrons. The van der Waals surface area contributed by atoms with Crippen LogP contribution < -0.4 is 15.3 Å². The summed E-state index contributed by atoms with van der Waals surface area (Å²) in [6.45, 7) is 6.32. The van der Waals surface area contributed by atoms with E-state index in [9.17, 15) is 15.3 Å². The zero-order chi connectivity index (χ0) is 12.4. The summed E-state index contributed by atoms with van der Waals surface area (Å²) in [6.07, 6.45) is 5.59. The molecular weight excluding hydrogens is 389 g/mol. The quantitative estimate of drug-likeness (QED) is 0.590. The molecule has 0 amide bonds. The summed E-state index contributed by atoms with van der Waals surface area (Å²) in [4.78, 5) is 0. The molecule has 0 aliphatic rings. The average molecular weight is 416 g/mol. The standard InChI is InChI=1S/3C4H9O.Au/c3*1-2-3-4-5;/h3*2-4H2,1H3;/q3*-1;+3. The molecule has 0 aliphatic carbocycles. The molecule has 0 aromatic heterocycles. The zero-order valence-corrected chi connectivity index (χ0v) is 13.1. The minimum atomic E-state index is 0. The molecule has 0 bridgehead atoms. The Hall–Kier alpha value is 0.620. The van der Waals surface area contributed by atoms with Crippen molar-refractivity contribution in [2.75, 3.05) is 19.8 Å². The Morgan fingerprint density at radius 3 is 0.750 bits per heavy atom. The number of rotatable bonds is 6. The topological polar surface area (TPSA) is 69.2 Å². The molecule has 0 fully saturated rings. The first kappa shape index (κ1) is 25.5. The summed E-state index contributed by atoms with van der Waals surface area (Å²) in [5, 5.41) is 28.6. The first-order valence-electron chi connectivity index (χ1n) is 5.99. The van der Waals surface area contributed by atoms with Crippen molar-refractivity contribution in [2.24, 2.45) is 0 Å². The van der Waals surface area contributed by atoms with Crippen molar-refractivity contribution in [1.29, 1.82) is 0 Å². The van der Waals surface area contributed by atoms with Crippen LogP contribution in [0, 0.1) is 0 Å². The van der Waals surface area contributed by atoms with Gasteiger partial charge in [-0.1, -0.05) is 59.3 Å². The van der Waals surface area contributed by atoms with E-state index >= 15 is 0 Å². The molecule has 3 nitrogen and oxygen atoms in total. The van der Waals surface area contributed by atoms with Crippen LogP contribution in [0.1, 0.15) is 59.3 Å². The summed E-state index contributed by atoms with van der Waals surface area (Å²) in [5.41, 5.74) is 0. The largest absolute Gasteiger partial charge is 3.00 e. The Bertz CT molecular complexity index is 53.0. The van der Waals surface area contributed by atoms with E-state index in [1.807, 2.05) is 20.8 Å². The Kier molecular flexibility index (Phi) is 57.4. The SMILES string of the molecule is CCCC[O-].CCCC[O-].CCCC[O-].[Au+3]. The van der Waals surface area contributed by atoms with Gasteiger partial charge in [-0.3, -0.25) is 0 Å². The first-order valence-corrected chi connectivity index (χ1v) is 5.99. The fourth-order valence-corrected chi connectivity index (χ4v) is 0.433. The van der Waals surface area contributed by atoms with Gasteiger partial charge in [-0.2, -0.15) is 0 Å². The van der Waals surface area contributed by atoms with Crippen molar-refractivity contribution in [1.82, 2.24) is 0 Å². The minimum absolute atomic E-state index is 0. The third kappa shape index (κ3) is 61.9. The molecule has 16 heavy (non-hydrogen) atoms. The van der Waals surface area contributed by atoms with Crippen LogP contribution in [0.4, 0.5) is 0 Å². The molecule has 0 unspecified atom stereocenters. The minimum Gasteiger partial charge on any atom is -0.854 e. The molecule has 0 N–H and O–H groups in total. The third-order valence-electron chi connectivity index (χ3n) is 1.49. The van der Waals surface area contributed by atoms with E-state index in [0.717, 1.165) is 38.5 Å². The van der Waals surface area contributed by atoms with Gasteiger partial charge in [0, 0.05) is 0 Å². The Labute approximate surface area is 117 Å². The number of hydrogen-bond acceptors (Lipinski definition) is 3. The van der Waals surface area contributed by atoms with Gasteiger partial charge in [-0.15, -0.1) is 19.8 Å². The van der Waals surface area contributed by atoms with Gasteiger partial charge in [-0.05, 0) is 0 Å². The second-order valence-electron chi connectivity index (χ2n) is 3.17. The third-order valence-corrected chi connectivity index (χ3v) is 1.49. The summed E-state index contributed by atoms with van der Waals surface area (Å²) < 4.78 is 0. The average Bonchev–Trinajstić information content (AvgIpc) is 2.23. The second kappa shape index (κ2) is 36.1. The van der Waals surface area contributed by atoms with Gasteiger partial charge in [-0.25, -0.2) is 0 Å². The van der Waals surface area contributed by atoms with Crippen molar-refractivity contribution >= 4 is 0 Å². The first-order chi connectivity index (χ1) is 7.24.